The number of ketones is 1. The molecule has 148 valence electrons. The molecule has 1 aromatic heterocycles. The lowest BCUT2D eigenvalue weighted by molar-refractivity contribution is -0.150. The van der Waals surface area contributed by atoms with Gasteiger partial charge in [0.15, 0.2) is 5.78 Å². The number of ether oxygens (including phenoxy) is 1. The van der Waals surface area contributed by atoms with Crippen LogP contribution in [0.25, 0.3) is 0 Å². The molecular weight excluding hydrogens is 354 g/mol. The van der Waals surface area contributed by atoms with Crippen LogP contribution >= 0.6 is 0 Å². The molecule has 0 saturated carbocycles. The number of aromatic amines is 1. The van der Waals surface area contributed by atoms with Gasteiger partial charge in [0.1, 0.15) is 12.1 Å². The monoisotopic (exact) mass is 379 g/mol. The van der Waals surface area contributed by atoms with E-state index >= 15 is 0 Å². The van der Waals surface area contributed by atoms with E-state index in [0.717, 1.165) is 0 Å². The minimum absolute atomic E-state index is 0.142. The van der Waals surface area contributed by atoms with Gasteiger partial charge in [-0.25, -0.2) is 4.79 Å². The smallest absolute Gasteiger partial charge is 0.326 e. The molecule has 3 N–H and O–H groups in total. The summed E-state index contributed by atoms with van der Waals surface area (Å²) in [5, 5.41) is 12.1. The fraction of sp³-hybridized carbons (Fsp3) is 0.556. The first-order chi connectivity index (χ1) is 12.8. The van der Waals surface area contributed by atoms with Crippen molar-refractivity contribution in [3.8, 4) is 0 Å². The zero-order chi connectivity index (χ0) is 20.0. The number of hydrogen-bond acceptors (Lipinski definition) is 6. The maximum Gasteiger partial charge on any atom is 0.326 e. The summed E-state index contributed by atoms with van der Waals surface area (Å²) in [6.45, 7) is 3.69. The lowest BCUT2D eigenvalue weighted by Gasteiger charge is -2.27. The number of rotatable bonds is 9. The molecule has 2 heterocycles. The molecule has 9 nitrogen and oxygen atoms in total. The number of aliphatic carboxylic acids is 1. The summed E-state index contributed by atoms with van der Waals surface area (Å²) in [4.78, 5) is 52.6. The van der Waals surface area contributed by atoms with Crippen LogP contribution in [0.1, 0.15) is 43.6 Å². The van der Waals surface area contributed by atoms with Gasteiger partial charge in [0.05, 0.1) is 18.3 Å². The Labute approximate surface area is 157 Å². The van der Waals surface area contributed by atoms with E-state index in [2.05, 4.69) is 10.3 Å². The van der Waals surface area contributed by atoms with Gasteiger partial charge in [-0.2, -0.15) is 0 Å². The van der Waals surface area contributed by atoms with Crippen LogP contribution in [0.5, 0.6) is 0 Å². The number of hydrogen-bond donors (Lipinski definition) is 3. The molecule has 1 fully saturated rings. The number of carboxylic acid groups (broad SMARTS) is 1. The van der Waals surface area contributed by atoms with Crippen LogP contribution in [0.2, 0.25) is 0 Å². The second-order valence-corrected chi connectivity index (χ2v) is 6.43. The highest BCUT2D eigenvalue weighted by Crippen LogP contribution is 2.19. The molecule has 0 aliphatic carbocycles. The Morgan fingerprint density at radius 1 is 1.41 bits per heavy atom. The summed E-state index contributed by atoms with van der Waals surface area (Å²) in [6, 6.07) is 0.566. The average Bonchev–Trinajstić information content (AvgIpc) is 3.31. The Bertz CT molecular complexity index is 687. The van der Waals surface area contributed by atoms with Gasteiger partial charge in [0.25, 0.3) is 0 Å². The first-order valence-corrected chi connectivity index (χ1v) is 8.97. The van der Waals surface area contributed by atoms with Crippen LogP contribution in [0, 0.1) is 0 Å². The van der Waals surface area contributed by atoms with Crippen LogP contribution in [-0.2, 0) is 19.1 Å². The molecule has 0 spiro atoms. The Hall–Kier alpha value is -2.68. The fourth-order valence-corrected chi connectivity index (χ4v) is 3.16. The van der Waals surface area contributed by atoms with Crippen molar-refractivity contribution in [2.24, 2.45) is 0 Å². The summed E-state index contributed by atoms with van der Waals surface area (Å²) < 4.78 is 5.00. The molecule has 0 radical (unpaired) electrons. The predicted molar refractivity (Wildman–Crippen MR) is 95.1 cm³/mol. The van der Waals surface area contributed by atoms with Crippen molar-refractivity contribution in [3.05, 3.63) is 24.0 Å². The highest BCUT2D eigenvalue weighted by Gasteiger charge is 2.37. The SMILES string of the molecule is CCOC(=O)C(CC(=O)c1ccc[nH]1)N[C@@H](C)C(=O)N1CCC[C@H]1C(=O)O. The second kappa shape index (κ2) is 9.31. The first-order valence-electron chi connectivity index (χ1n) is 8.97. The highest BCUT2D eigenvalue weighted by molar-refractivity contribution is 5.97. The normalized spacial score (nSPS) is 18.7. The van der Waals surface area contributed by atoms with E-state index < -0.39 is 36.0 Å². The molecule has 9 heteroatoms. The van der Waals surface area contributed by atoms with Gasteiger partial charge in [0.2, 0.25) is 5.91 Å². The van der Waals surface area contributed by atoms with E-state index in [-0.39, 0.29) is 18.8 Å². The minimum Gasteiger partial charge on any atom is -0.480 e. The number of Topliss-reactive ketones (excluding diaryl/α,β-unsaturated/α-hetero) is 1. The van der Waals surface area contributed by atoms with Crippen molar-refractivity contribution in [3.63, 3.8) is 0 Å². The summed E-state index contributed by atoms with van der Waals surface area (Å²) in [5.41, 5.74) is 0.357. The number of carbonyl (C=O) groups is 4. The van der Waals surface area contributed by atoms with Crippen LogP contribution in [0.3, 0.4) is 0 Å². The molecule has 1 unspecified atom stereocenters. The lowest BCUT2D eigenvalue weighted by atomic mass is 10.1. The number of nitrogens with one attached hydrogen (secondary N) is 2. The standard InChI is InChI=1S/C18H25N3O6/c1-3-27-18(26)13(10-15(22)12-6-4-8-19-12)20-11(2)16(23)21-9-5-7-14(21)17(24)25/h4,6,8,11,13-14,19-20H,3,5,7,9-10H2,1-2H3,(H,24,25)/t11-,13?,14-/m0/s1. The zero-order valence-corrected chi connectivity index (χ0v) is 15.4. The van der Waals surface area contributed by atoms with Gasteiger partial charge in [-0.1, -0.05) is 0 Å². The molecule has 2 rings (SSSR count). The van der Waals surface area contributed by atoms with Crippen LogP contribution in [0.15, 0.2) is 18.3 Å². The Morgan fingerprint density at radius 2 is 2.15 bits per heavy atom. The number of nitrogens with zero attached hydrogens (tertiary/aromatic N) is 1. The number of H-pyrrole nitrogens is 1. The van der Waals surface area contributed by atoms with Crippen LogP contribution < -0.4 is 5.32 Å². The van der Waals surface area contributed by atoms with Crippen molar-refractivity contribution in [2.75, 3.05) is 13.2 Å². The largest absolute Gasteiger partial charge is 0.480 e. The van der Waals surface area contributed by atoms with Crippen LogP contribution in [-0.4, -0.2) is 69.9 Å². The van der Waals surface area contributed by atoms with Crippen LogP contribution in [0.4, 0.5) is 0 Å². The molecule has 3 atom stereocenters. The molecule has 1 aliphatic heterocycles. The van der Waals surface area contributed by atoms with E-state index in [1.54, 1.807) is 32.2 Å². The summed E-state index contributed by atoms with van der Waals surface area (Å²) >= 11 is 0. The van der Waals surface area contributed by atoms with Crippen molar-refractivity contribution < 1.29 is 29.0 Å². The summed E-state index contributed by atoms with van der Waals surface area (Å²) in [7, 11) is 0. The number of likely N-dealkylation sites (tertiary alicyclic amines) is 1. The van der Waals surface area contributed by atoms with E-state index in [1.807, 2.05) is 0 Å². The van der Waals surface area contributed by atoms with E-state index in [0.29, 0.717) is 25.1 Å². The molecule has 0 aromatic carbocycles. The third kappa shape index (κ3) is 5.16. The minimum atomic E-state index is -1.04. The van der Waals surface area contributed by atoms with Crippen molar-refractivity contribution >= 4 is 23.6 Å². The molecule has 1 saturated heterocycles. The van der Waals surface area contributed by atoms with Gasteiger partial charge in [-0.3, -0.25) is 19.7 Å². The number of amides is 1. The van der Waals surface area contributed by atoms with Gasteiger partial charge in [-0.15, -0.1) is 0 Å². The van der Waals surface area contributed by atoms with Gasteiger partial charge in [0, 0.05) is 19.2 Å². The second-order valence-electron chi connectivity index (χ2n) is 6.43. The van der Waals surface area contributed by atoms with Crippen molar-refractivity contribution in [1.29, 1.82) is 0 Å². The third-order valence-electron chi connectivity index (χ3n) is 4.50. The molecule has 27 heavy (non-hydrogen) atoms. The molecule has 1 aliphatic rings. The Morgan fingerprint density at radius 3 is 2.74 bits per heavy atom. The van der Waals surface area contributed by atoms with Crippen molar-refractivity contribution in [1.82, 2.24) is 15.2 Å². The number of aromatic nitrogens is 1. The summed E-state index contributed by atoms with van der Waals surface area (Å²) in [5.74, 6) is -2.39. The Kier molecular flexibility index (Phi) is 7.12. The predicted octanol–water partition coefficient (Wildman–Crippen LogP) is 0.573. The molecular formula is C18H25N3O6. The van der Waals surface area contributed by atoms with E-state index in [9.17, 15) is 24.3 Å². The first kappa shape index (κ1) is 20.6. The van der Waals surface area contributed by atoms with Gasteiger partial charge >= 0.3 is 11.9 Å². The Balaban J connectivity index is 2.06. The third-order valence-corrected chi connectivity index (χ3v) is 4.50. The van der Waals surface area contributed by atoms with E-state index in [4.69, 9.17) is 4.74 Å². The zero-order valence-electron chi connectivity index (χ0n) is 15.4. The number of carbonyl (C=O) groups excluding carboxylic acids is 3. The topological polar surface area (TPSA) is 129 Å². The molecule has 0 bridgehead atoms. The average molecular weight is 379 g/mol. The quantitative estimate of drug-likeness (QED) is 0.423. The molecule has 1 amide bonds. The number of carboxylic acids is 1. The van der Waals surface area contributed by atoms with Crippen molar-refractivity contribution in [2.45, 2.75) is 51.2 Å². The maximum atomic E-state index is 12.6. The van der Waals surface area contributed by atoms with Gasteiger partial charge < -0.3 is 19.7 Å². The molecule has 1 aromatic rings. The number of esters is 1. The highest BCUT2D eigenvalue weighted by atomic mass is 16.5. The summed E-state index contributed by atoms with van der Waals surface area (Å²) in [6.07, 6.45) is 2.44. The fourth-order valence-electron chi connectivity index (χ4n) is 3.16. The lowest BCUT2D eigenvalue weighted by Crippen LogP contribution is -2.53. The van der Waals surface area contributed by atoms with E-state index in [1.165, 1.54) is 4.90 Å². The maximum absolute atomic E-state index is 12.6. The van der Waals surface area contributed by atoms with Gasteiger partial charge in [-0.05, 0) is 38.8 Å².